The molecule has 0 aromatic carbocycles. The van der Waals surface area contributed by atoms with Crippen LogP contribution >= 0.6 is 0 Å². The molecule has 0 fully saturated rings. The molecule has 0 heterocycles. The van der Waals surface area contributed by atoms with E-state index in [2.05, 4.69) is 57.2 Å². The van der Waals surface area contributed by atoms with Crippen molar-refractivity contribution in [1.82, 2.24) is 0 Å². The largest absolute Gasteiger partial charge is 0.462 e. The maximum absolute atomic E-state index is 12.9. The maximum atomic E-state index is 12.9. The fourth-order valence-electron chi connectivity index (χ4n) is 11.1. The summed E-state index contributed by atoms with van der Waals surface area (Å²) in [7, 11) is 0. The number of rotatable bonds is 68. The van der Waals surface area contributed by atoms with E-state index >= 15 is 0 Å². The Balaban J connectivity index is 4.13. The summed E-state index contributed by atoms with van der Waals surface area (Å²) in [4.78, 5) is 38.4. The van der Waals surface area contributed by atoms with Crippen LogP contribution < -0.4 is 0 Å². The zero-order valence-corrected chi connectivity index (χ0v) is 54.8. The van der Waals surface area contributed by atoms with Crippen LogP contribution in [-0.2, 0) is 28.6 Å². The Morgan fingerprint density at radius 3 is 0.716 bits per heavy atom. The first-order chi connectivity index (χ1) is 40.0. The van der Waals surface area contributed by atoms with Gasteiger partial charge in [0, 0.05) is 19.3 Å². The minimum absolute atomic E-state index is 0.0685. The van der Waals surface area contributed by atoms with Gasteiger partial charge >= 0.3 is 17.9 Å². The summed E-state index contributed by atoms with van der Waals surface area (Å²) in [5, 5.41) is 0. The molecule has 476 valence electrons. The summed E-state index contributed by atoms with van der Waals surface area (Å²) < 4.78 is 17.0. The average molecular weight is 1140 g/mol. The number of carbonyl (C=O) groups excluding carboxylic acids is 3. The van der Waals surface area contributed by atoms with Gasteiger partial charge in [-0.3, -0.25) is 14.4 Å². The predicted molar refractivity (Wildman–Crippen MR) is 353 cm³/mol. The number of unbranched alkanes of at least 4 members (excludes halogenated alkanes) is 51. The first-order valence-corrected chi connectivity index (χ1v) is 36.5. The van der Waals surface area contributed by atoms with Crippen molar-refractivity contribution in [1.29, 1.82) is 0 Å². The van der Waals surface area contributed by atoms with Crippen LogP contribution in [0.2, 0.25) is 0 Å². The van der Waals surface area contributed by atoms with Crippen LogP contribution in [-0.4, -0.2) is 37.2 Å². The molecule has 0 rings (SSSR count). The molecule has 81 heavy (non-hydrogen) atoms. The first-order valence-electron chi connectivity index (χ1n) is 36.5. The second-order valence-corrected chi connectivity index (χ2v) is 24.9. The van der Waals surface area contributed by atoms with Gasteiger partial charge in [-0.2, -0.15) is 0 Å². The van der Waals surface area contributed by atoms with Gasteiger partial charge in [0.2, 0.25) is 0 Å². The number of hydrogen-bond donors (Lipinski definition) is 0. The standard InChI is InChI=1S/C75H140O6/c1-4-7-10-13-16-19-22-25-27-29-31-33-34-35-36-37-38-39-40-41-42-43-45-46-48-50-53-56-59-62-65-68-74(77)80-71-72(70-79-73(76)67-64-61-58-55-52-24-21-18-15-12-9-6-3)81-75(78)69-66-63-60-57-54-51-49-47-44-32-30-28-26-23-20-17-14-11-8-5-2/h18,21-22,25,29,31,72H,4-17,19-20,23-24,26-28,30,32-71H2,1-3H3/b21-18-,25-22-,31-29-. The molecule has 0 N–H and O–H groups in total. The molecule has 6 heteroatoms. The zero-order chi connectivity index (χ0) is 58.5. The molecular formula is C75H140O6. The lowest BCUT2D eigenvalue weighted by molar-refractivity contribution is -0.167. The van der Waals surface area contributed by atoms with Crippen LogP contribution in [0.1, 0.15) is 406 Å². The van der Waals surface area contributed by atoms with E-state index < -0.39 is 6.10 Å². The number of allylic oxidation sites excluding steroid dienone is 6. The van der Waals surface area contributed by atoms with Gasteiger partial charge in [-0.25, -0.2) is 0 Å². The Kier molecular flexibility index (Phi) is 68.1. The fraction of sp³-hybridized carbons (Fsp3) is 0.880. The quantitative estimate of drug-likeness (QED) is 0.0261. The van der Waals surface area contributed by atoms with Crippen molar-refractivity contribution < 1.29 is 28.6 Å². The van der Waals surface area contributed by atoms with Gasteiger partial charge in [0.25, 0.3) is 0 Å². The van der Waals surface area contributed by atoms with Crippen LogP contribution in [0.25, 0.3) is 0 Å². The van der Waals surface area contributed by atoms with Gasteiger partial charge in [0.1, 0.15) is 13.2 Å². The van der Waals surface area contributed by atoms with E-state index in [1.165, 1.54) is 295 Å². The van der Waals surface area contributed by atoms with Crippen LogP contribution in [0.4, 0.5) is 0 Å². The number of carbonyl (C=O) groups is 3. The monoisotopic (exact) mass is 1140 g/mol. The third-order valence-corrected chi connectivity index (χ3v) is 16.6. The number of hydrogen-bond acceptors (Lipinski definition) is 6. The second-order valence-electron chi connectivity index (χ2n) is 24.9. The van der Waals surface area contributed by atoms with E-state index in [9.17, 15) is 14.4 Å². The number of ether oxygens (including phenoxy) is 3. The van der Waals surface area contributed by atoms with Crippen molar-refractivity contribution in [3.05, 3.63) is 36.5 Å². The summed E-state index contributed by atoms with van der Waals surface area (Å²) in [6.45, 7) is 6.68. The molecule has 0 bridgehead atoms. The van der Waals surface area contributed by atoms with Crippen molar-refractivity contribution in [3.8, 4) is 0 Å². The molecule has 0 aliphatic carbocycles. The van der Waals surface area contributed by atoms with Crippen LogP contribution in [0.5, 0.6) is 0 Å². The molecule has 6 nitrogen and oxygen atoms in total. The highest BCUT2D eigenvalue weighted by atomic mass is 16.6. The molecule has 0 spiro atoms. The molecule has 1 unspecified atom stereocenters. The van der Waals surface area contributed by atoms with Crippen LogP contribution in [0.3, 0.4) is 0 Å². The summed E-state index contributed by atoms with van der Waals surface area (Å²) in [6.07, 6.45) is 87.6. The minimum Gasteiger partial charge on any atom is -0.462 e. The van der Waals surface area contributed by atoms with Gasteiger partial charge in [-0.15, -0.1) is 0 Å². The molecule has 0 aromatic heterocycles. The lowest BCUT2D eigenvalue weighted by Gasteiger charge is -2.18. The lowest BCUT2D eigenvalue weighted by Crippen LogP contribution is -2.30. The van der Waals surface area contributed by atoms with Crippen molar-refractivity contribution in [3.63, 3.8) is 0 Å². The average Bonchev–Trinajstić information content (AvgIpc) is 3.47. The van der Waals surface area contributed by atoms with Crippen molar-refractivity contribution in [2.24, 2.45) is 0 Å². The van der Waals surface area contributed by atoms with E-state index in [1.54, 1.807) is 0 Å². The normalized spacial score (nSPS) is 12.2. The maximum Gasteiger partial charge on any atom is 0.306 e. The highest BCUT2D eigenvalue weighted by molar-refractivity contribution is 5.71. The van der Waals surface area contributed by atoms with E-state index in [1.807, 2.05) is 0 Å². The summed E-state index contributed by atoms with van der Waals surface area (Å²) in [5.74, 6) is -0.847. The summed E-state index contributed by atoms with van der Waals surface area (Å²) >= 11 is 0. The number of esters is 3. The molecule has 0 saturated heterocycles. The Hall–Kier alpha value is -2.37. The third kappa shape index (κ3) is 68.3. The Bertz CT molecular complexity index is 1350. The third-order valence-electron chi connectivity index (χ3n) is 16.6. The van der Waals surface area contributed by atoms with Crippen molar-refractivity contribution in [2.45, 2.75) is 412 Å². The minimum atomic E-state index is -0.772. The molecule has 1 atom stereocenters. The van der Waals surface area contributed by atoms with Crippen molar-refractivity contribution in [2.75, 3.05) is 13.2 Å². The Morgan fingerprint density at radius 1 is 0.247 bits per heavy atom. The van der Waals surface area contributed by atoms with E-state index in [0.29, 0.717) is 19.3 Å². The molecule has 0 aliphatic heterocycles. The smallest absolute Gasteiger partial charge is 0.306 e. The van der Waals surface area contributed by atoms with E-state index in [-0.39, 0.29) is 31.1 Å². The first kappa shape index (κ1) is 78.6. The molecule has 0 saturated carbocycles. The zero-order valence-electron chi connectivity index (χ0n) is 54.8. The Morgan fingerprint density at radius 2 is 0.444 bits per heavy atom. The molecule has 0 radical (unpaired) electrons. The van der Waals surface area contributed by atoms with Gasteiger partial charge in [-0.1, -0.05) is 346 Å². The highest BCUT2D eigenvalue weighted by Gasteiger charge is 2.19. The van der Waals surface area contributed by atoms with Gasteiger partial charge < -0.3 is 14.2 Å². The molecule has 0 aromatic rings. The predicted octanol–water partition coefficient (Wildman–Crippen LogP) is 25.1. The summed E-state index contributed by atoms with van der Waals surface area (Å²) in [5.41, 5.74) is 0. The lowest BCUT2D eigenvalue weighted by atomic mass is 10.0. The topological polar surface area (TPSA) is 78.9 Å². The van der Waals surface area contributed by atoms with E-state index in [4.69, 9.17) is 14.2 Å². The van der Waals surface area contributed by atoms with Crippen LogP contribution in [0, 0.1) is 0 Å². The second kappa shape index (κ2) is 70.1. The molecule has 0 aliphatic rings. The van der Waals surface area contributed by atoms with Crippen molar-refractivity contribution >= 4 is 17.9 Å². The van der Waals surface area contributed by atoms with E-state index in [0.717, 1.165) is 70.6 Å². The van der Waals surface area contributed by atoms with Gasteiger partial charge in [0.15, 0.2) is 6.10 Å². The summed E-state index contributed by atoms with van der Waals surface area (Å²) in [6, 6.07) is 0. The Labute approximate surface area is 506 Å². The van der Waals surface area contributed by atoms with Gasteiger partial charge in [0.05, 0.1) is 0 Å². The SMILES string of the molecule is CCCCC/C=C\CCCCCCCC(=O)OCC(COC(=O)CCCCCCCCCCCCCCCCCCCCC/C=C\C/C=C\CCCCCCC)OC(=O)CCCCCCCCCCCCCCCCCCCCCC. The fourth-order valence-corrected chi connectivity index (χ4v) is 11.1. The highest BCUT2D eigenvalue weighted by Crippen LogP contribution is 2.19. The molecular weight excluding hydrogens is 997 g/mol. The van der Waals surface area contributed by atoms with Crippen LogP contribution in [0.15, 0.2) is 36.5 Å². The van der Waals surface area contributed by atoms with Gasteiger partial charge in [-0.05, 0) is 77.0 Å². The molecule has 0 amide bonds.